The molecule has 2 aliphatic rings. The maximum Gasteiger partial charge on any atom is 0.246 e. The van der Waals surface area contributed by atoms with Gasteiger partial charge >= 0.3 is 0 Å². The molecule has 0 radical (unpaired) electrons. The summed E-state index contributed by atoms with van der Waals surface area (Å²) in [6.07, 6.45) is 0.819. The zero-order chi connectivity index (χ0) is 12.3. The molecule has 0 atom stereocenters. The van der Waals surface area contributed by atoms with Gasteiger partial charge in [0.1, 0.15) is 5.75 Å². The molecule has 1 heterocycles. The lowest BCUT2D eigenvalue weighted by Crippen LogP contribution is -2.41. The summed E-state index contributed by atoms with van der Waals surface area (Å²) in [7, 11) is -2.06. The first-order chi connectivity index (χ1) is 8.01. The van der Waals surface area contributed by atoms with Gasteiger partial charge in [-0.25, -0.2) is 8.42 Å². The number of amides is 1. The summed E-state index contributed by atoms with van der Waals surface area (Å²) in [6, 6.07) is 4.60. The Balaban J connectivity index is 2.23. The van der Waals surface area contributed by atoms with Crippen LogP contribution in [0.1, 0.15) is 12.8 Å². The monoisotopic (exact) mass is 253 g/mol. The Kier molecular flexibility index (Phi) is 1.87. The maximum absolute atomic E-state index is 12.3. The summed E-state index contributed by atoms with van der Waals surface area (Å²) in [4.78, 5) is 12.0. The predicted octanol–water partition coefficient (Wildman–Crippen LogP) is 0.954. The number of hydrogen-bond acceptors (Lipinski definition) is 4. The highest BCUT2D eigenvalue weighted by atomic mass is 32.2. The molecule has 0 aromatic heterocycles. The molecular formula is C11H11NO4S. The molecule has 1 N–H and O–H groups in total. The quantitative estimate of drug-likeness (QED) is 0.809. The summed E-state index contributed by atoms with van der Waals surface area (Å²) in [6.45, 7) is 0. The average Bonchev–Trinajstić information content (AvgIpc) is 3.08. The van der Waals surface area contributed by atoms with E-state index in [2.05, 4.69) is 5.32 Å². The van der Waals surface area contributed by atoms with Crippen LogP contribution in [0.4, 0.5) is 5.69 Å². The number of methoxy groups -OCH3 is 1. The van der Waals surface area contributed by atoms with Crippen molar-refractivity contribution < 1.29 is 17.9 Å². The predicted molar refractivity (Wildman–Crippen MR) is 60.8 cm³/mol. The van der Waals surface area contributed by atoms with Gasteiger partial charge in [0.2, 0.25) is 5.91 Å². The number of rotatable bonds is 1. The van der Waals surface area contributed by atoms with Crippen molar-refractivity contribution in [1.29, 1.82) is 0 Å². The normalized spacial score (nSPS) is 22.8. The van der Waals surface area contributed by atoms with Crippen molar-refractivity contribution >= 4 is 21.4 Å². The molecule has 0 unspecified atom stereocenters. The molecule has 1 spiro atoms. The third-order valence-electron chi connectivity index (χ3n) is 3.36. The number of nitrogens with one attached hydrogen (secondary N) is 1. The van der Waals surface area contributed by atoms with E-state index < -0.39 is 20.5 Å². The van der Waals surface area contributed by atoms with Crippen molar-refractivity contribution in [3.05, 3.63) is 18.2 Å². The highest BCUT2D eigenvalue weighted by Crippen LogP contribution is 2.51. The van der Waals surface area contributed by atoms with Crippen molar-refractivity contribution in [2.24, 2.45) is 0 Å². The van der Waals surface area contributed by atoms with E-state index in [4.69, 9.17) is 4.74 Å². The van der Waals surface area contributed by atoms with Gasteiger partial charge in [0.25, 0.3) is 0 Å². The molecule has 1 aliphatic carbocycles. The average molecular weight is 253 g/mol. The molecule has 1 aromatic rings. The minimum atomic E-state index is -3.55. The number of sulfone groups is 1. The number of ether oxygens (including phenoxy) is 1. The van der Waals surface area contributed by atoms with E-state index in [1.54, 1.807) is 6.07 Å². The van der Waals surface area contributed by atoms with Gasteiger partial charge < -0.3 is 10.1 Å². The zero-order valence-corrected chi connectivity index (χ0v) is 10.0. The number of anilines is 1. The van der Waals surface area contributed by atoms with Crippen LogP contribution in [0.15, 0.2) is 23.1 Å². The molecular weight excluding hydrogens is 242 g/mol. The van der Waals surface area contributed by atoms with Crippen LogP contribution in [-0.2, 0) is 14.6 Å². The summed E-state index contributed by atoms with van der Waals surface area (Å²) in [5.74, 6) is 0.101. The molecule has 0 saturated heterocycles. The fourth-order valence-electron chi connectivity index (χ4n) is 2.15. The molecule has 90 valence electrons. The molecule has 0 bridgehead atoms. The third-order valence-corrected chi connectivity index (χ3v) is 5.91. The van der Waals surface area contributed by atoms with Gasteiger partial charge in [-0.15, -0.1) is 0 Å². The standard InChI is InChI=1S/C11H11NO4S/c1-16-7-2-3-9-8(6-7)12-10(13)11(4-5-11)17(9,14)15/h2-3,6H,4-5H2,1H3,(H,12,13). The van der Waals surface area contributed by atoms with Crippen LogP contribution in [0.25, 0.3) is 0 Å². The first kappa shape index (κ1) is 10.6. The molecule has 1 amide bonds. The van der Waals surface area contributed by atoms with Crippen LogP contribution in [0.5, 0.6) is 5.75 Å². The number of carbonyl (C=O) groups is 1. The lowest BCUT2D eigenvalue weighted by molar-refractivity contribution is -0.116. The number of fused-ring (bicyclic) bond motifs is 1. The third kappa shape index (κ3) is 1.18. The minimum absolute atomic E-state index is 0.190. The SMILES string of the molecule is COc1ccc2c(c1)NC(=O)C1(CC1)S2(=O)=O. The molecule has 6 heteroatoms. The van der Waals surface area contributed by atoms with E-state index in [-0.39, 0.29) is 4.90 Å². The zero-order valence-electron chi connectivity index (χ0n) is 9.19. The number of carbonyl (C=O) groups excluding carboxylic acids is 1. The number of benzene rings is 1. The molecule has 3 rings (SSSR count). The van der Waals surface area contributed by atoms with Gasteiger partial charge in [0, 0.05) is 6.07 Å². The summed E-state index contributed by atoms with van der Waals surface area (Å²) < 4.78 is 28.4. The first-order valence-corrected chi connectivity index (χ1v) is 6.74. The Morgan fingerprint density at radius 2 is 2.06 bits per heavy atom. The molecule has 1 fully saturated rings. The van der Waals surface area contributed by atoms with E-state index >= 15 is 0 Å². The van der Waals surface area contributed by atoms with Gasteiger partial charge in [-0.05, 0) is 25.0 Å². The second-order valence-corrected chi connectivity index (χ2v) is 6.54. The lowest BCUT2D eigenvalue weighted by atomic mass is 10.2. The van der Waals surface area contributed by atoms with Gasteiger partial charge in [-0.3, -0.25) is 4.79 Å². The second kappa shape index (κ2) is 3.01. The van der Waals surface area contributed by atoms with Gasteiger partial charge in [-0.2, -0.15) is 0 Å². The minimum Gasteiger partial charge on any atom is -0.497 e. The van der Waals surface area contributed by atoms with Gasteiger partial charge in [0.15, 0.2) is 14.6 Å². The molecule has 1 aromatic carbocycles. The highest BCUT2D eigenvalue weighted by Gasteiger charge is 2.63. The van der Waals surface area contributed by atoms with Crippen molar-refractivity contribution in [2.75, 3.05) is 12.4 Å². The number of hydrogen-bond donors (Lipinski definition) is 1. The van der Waals surface area contributed by atoms with Crippen molar-refractivity contribution in [3.8, 4) is 5.75 Å². The fourth-order valence-corrected chi connectivity index (χ4v) is 4.15. The Labute approximate surface area is 98.7 Å². The molecule has 5 nitrogen and oxygen atoms in total. The van der Waals surface area contributed by atoms with Crippen LogP contribution in [0, 0.1) is 0 Å². The van der Waals surface area contributed by atoms with E-state index in [0.29, 0.717) is 24.3 Å². The smallest absolute Gasteiger partial charge is 0.246 e. The Hall–Kier alpha value is -1.56. The summed E-state index contributed by atoms with van der Waals surface area (Å²) >= 11 is 0. The van der Waals surface area contributed by atoms with Crippen LogP contribution in [0.3, 0.4) is 0 Å². The van der Waals surface area contributed by atoms with Gasteiger partial charge in [-0.1, -0.05) is 0 Å². The first-order valence-electron chi connectivity index (χ1n) is 5.25. The van der Waals surface area contributed by atoms with Crippen LogP contribution >= 0.6 is 0 Å². The maximum atomic E-state index is 12.3. The molecule has 1 aliphatic heterocycles. The second-order valence-electron chi connectivity index (χ2n) is 4.31. The Bertz CT molecular complexity index is 616. The topological polar surface area (TPSA) is 72.5 Å². The summed E-state index contributed by atoms with van der Waals surface area (Å²) in [5, 5.41) is 2.64. The highest BCUT2D eigenvalue weighted by molar-refractivity contribution is 7.94. The van der Waals surface area contributed by atoms with E-state index in [9.17, 15) is 13.2 Å². The largest absolute Gasteiger partial charge is 0.497 e. The van der Waals surface area contributed by atoms with Crippen LogP contribution in [-0.4, -0.2) is 26.2 Å². The molecule has 17 heavy (non-hydrogen) atoms. The fraction of sp³-hybridized carbons (Fsp3) is 0.364. The van der Waals surface area contributed by atoms with Crippen molar-refractivity contribution in [1.82, 2.24) is 0 Å². The Morgan fingerprint density at radius 3 is 2.65 bits per heavy atom. The lowest BCUT2D eigenvalue weighted by Gasteiger charge is -2.24. The van der Waals surface area contributed by atoms with Crippen LogP contribution < -0.4 is 10.1 Å². The van der Waals surface area contributed by atoms with E-state index in [0.717, 1.165) is 0 Å². The van der Waals surface area contributed by atoms with E-state index in [1.807, 2.05) is 0 Å². The van der Waals surface area contributed by atoms with E-state index in [1.165, 1.54) is 19.2 Å². The summed E-state index contributed by atoms with van der Waals surface area (Å²) in [5.41, 5.74) is 0.312. The van der Waals surface area contributed by atoms with Crippen LogP contribution in [0.2, 0.25) is 0 Å². The van der Waals surface area contributed by atoms with Crippen molar-refractivity contribution in [2.45, 2.75) is 22.5 Å². The van der Waals surface area contributed by atoms with Gasteiger partial charge in [0.05, 0.1) is 17.7 Å². The van der Waals surface area contributed by atoms with Crippen molar-refractivity contribution in [3.63, 3.8) is 0 Å². The molecule has 1 saturated carbocycles. The Morgan fingerprint density at radius 1 is 1.35 bits per heavy atom.